The normalized spacial score (nSPS) is 10.0. The van der Waals surface area contributed by atoms with Gasteiger partial charge in [-0.1, -0.05) is 0 Å². The first-order valence-electron chi connectivity index (χ1n) is 4.75. The number of rotatable bonds is 2. The number of hydrogen-bond donors (Lipinski definition) is 4. The minimum absolute atomic E-state index is 0.0745. The first-order chi connectivity index (χ1) is 9.24. The topological polar surface area (TPSA) is 192 Å². The molecule has 0 aromatic carbocycles. The first-order valence-corrected chi connectivity index (χ1v) is 4.75. The highest BCUT2D eigenvalue weighted by Crippen LogP contribution is 2.14. The molecule has 0 spiro atoms. The maximum absolute atomic E-state index is 7.00. The van der Waals surface area contributed by atoms with Crippen molar-refractivity contribution >= 4 is 29.3 Å². The van der Waals surface area contributed by atoms with Gasteiger partial charge < -0.3 is 21.9 Å². The maximum Gasteiger partial charge on any atom is 0.292 e. The zero-order valence-corrected chi connectivity index (χ0v) is 9.59. The van der Waals surface area contributed by atoms with Crippen LogP contribution in [0.4, 0.5) is 23.5 Å². The van der Waals surface area contributed by atoms with E-state index in [9.17, 15) is 0 Å². The minimum Gasteiger partial charge on any atom is -0.400 e. The van der Waals surface area contributed by atoms with Crippen molar-refractivity contribution < 1.29 is 9.74 Å². The third-order valence-corrected chi connectivity index (χ3v) is 1.82. The van der Waals surface area contributed by atoms with E-state index < -0.39 is 0 Å². The van der Waals surface area contributed by atoms with Crippen molar-refractivity contribution in [2.45, 2.75) is 0 Å². The molecule has 0 fully saturated rings. The number of aliphatic hydroxyl groups excluding tert-OH is 1. The van der Waals surface area contributed by atoms with Gasteiger partial charge in [0.2, 0.25) is 17.6 Å². The summed E-state index contributed by atoms with van der Waals surface area (Å²) in [6.45, 7) is 0. The van der Waals surface area contributed by atoms with E-state index >= 15 is 0 Å². The molecule has 0 aliphatic carbocycles. The summed E-state index contributed by atoms with van der Waals surface area (Å²) < 4.78 is 5.60. The number of nitrogen functional groups attached to an aromatic ring is 2. The van der Waals surface area contributed by atoms with Crippen molar-refractivity contribution in [1.29, 1.82) is 0 Å². The number of aliphatic hydroxyl groups is 1. The van der Waals surface area contributed by atoms with Crippen LogP contribution in [-0.2, 0) is 0 Å². The predicted octanol–water partition coefficient (Wildman–Crippen LogP) is -2.19. The lowest BCUT2D eigenvalue weighted by Crippen LogP contribution is -2.07. The summed E-state index contributed by atoms with van der Waals surface area (Å²) in [5.74, 6) is 0.623. The second-order valence-electron chi connectivity index (χ2n) is 2.92. The molecule has 0 aliphatic heterocycles. The highest BCUT2D eigenvalue weighted by molar-refractivity contribution is 5.60. The van der Waals surface area contributed by atoms with Gasteiger partial charge in [-0.3, -0.25) is 0 Å². The predicted molar refractivity (Wildman–Crippen MR) is 60.9 cm³/mol. The van der Waals surface area contributed by atoms with Gasteiger partial charge >= 0.3 is 0 Å². The average molecular weight is 267 g/mol. The molecule has 0 atom stereocenters. The summed E-state index contributed by atoms with van der Waals surface area (Å²) in [5.41, 5.74) is 11.0. The lowest BCUT2D eigenvalue weighted by molar-refractivity contribution is 0.310. The van der Waals surface area contributed by atoms with E-state index in [1.807, 2.05) is 0 Å². The molecule has 19 heavy (non-hydrogen) atoms. The van der Waals surface area contributed by atoms with Gasteiger partial charge in [0.05, 0.1) is 0 Å². The van der Waals surface area contributed by atoms with Crippen molar-refractivity contribution in [2.75, 3.05) is 23.9 Å². The Bertz CT molecular complexity index is 675. The van der Waals surface area contributed by atoms with Crippen LogP contribution in [0, 0.1) is 0 Å². The van der Waals surface area contributed by atoms with Crippen molar-refractivity contribution in [2.24, 2.45) is 0 Å². The largest absolute Gasteiger partial charge is 0.400 e. The Balaban J connectivity index is 0.000000637. The number of fused-ring (bicyclic) bond motifs is 1. The van der Waals surface area contributed by atoms with E-state index in [1.54, 1.807) is 0 Å². The van der Waals surface area contributed by atoms with Gasteiger partial charge in [0, 0.05) is 7.11 Å². The quantitative estimate of drug-likeness (QED) is 0.392. The third kappa shape index (κ3) is 2.29. The summed E-state index contributed by atoms with van der Waals surface area (Å²) in [5, 5.41) is 35.2. The second-order valence-corrected chi connectivity index (χ2v) is 2.92. The van der Waals surface area contributed by atoms with Gasteiger partial charge in [0.1, 0.15) is 0 Å². The molecule has 0 radical (unpaired) electrons. The number of anilines is 4. The Labute approximate surface area is 104 Å². The van der Waals surface area contributed by atoms with Gasteiger partial charge in [-0.15, -0.1) is 25.5 Å². The number of nitrogens with one attached hydrogen (secondary N) is 1. The zero-order valence-electron chi connectivity index (χ0n) is 9.59. The molecule has 13 heteroatoms. The Morgan fingerprint density at radius 3 is 2.53 bits per heavy atom. The summed E-state index contributed by atoms with van der Waals surface area (Å²) in [6.07, 6.45) is 0. The molecule has 0 bridgehead atoms. The van der Waals surface area contributed by atoms with E-state index in [2.05, 4.69) is 45.8 Å². The van der Waals surface area contributed by atoms with Gasteiger partial charge in [0.15, 0.2) is 0 Å². The van der Waals surface area contributed by atoms with Crippen molar-refractivity contribution in [1.82, 2.24) is 40.3 Å². The average Bonchev–Trinajstić information content (AvgIpc) is 3.00. The smallest absolute Gasteiger partial charge is 0.292 e. The Hall–Kier alpha value is -3.09. The first kappa shape index (κ1) is 12.4. The zero-order chi connectivity index (χ0) is 13.8. The number of hydrogen-bond acceptors (Lipinski definition) is 12. The second kappa shape index (κ2) is 5.05. The Morgan fingerprint density at radius 2 is 1.84 bits per heavy atom. The van der Waals surface area contributed by atoms with E-state index in [0.717, 1.165) is 7.11 Å². The molecule has 6 N–H and O–H groups in total. The van der Waals surface area contributed by atoms with Crippen molar-refractivity contribution in [3.05, 3.63) is 0 Å². The number of nitrogens with two attached hydrogens (primary N) is 2. The standard InChI is InChI=1S/C5H5N11O.CH4O/c6-1-2(15-17-14-1)8-4-10-12-5-11-9-3(7)16(5)13-4;1-2/h(H2,6,14)(H2,7,9)(H,8,13,15);2H,1H3. The van der Waals surface area contributed by atoms with Crippen LogP contribution in [0.5, 0.6) is 0 Å². The van der Waals surface area contributed by atoms with Gasteiger partial charge in [-0.05, 0) is 10.3 Å². The van der Waals surface area contributed by atoms with Crippen LogP contribution in [0.1, 0.15) is 0 Å². The lowest BCUT2D eigenvalue weighted by Gasteiger charge is -1.99. The van der Waals surface area contributed by atoms with E-state index in [-0.39, 0.29) is 29.3 Å². The molecule has 13 nitrogen and oxygen atoms in total. The molecular formula is C6H9N11O2. The van der Waals surface area contributed by atoms with E-state index in [4.69, 9.17) is 16.6 Å². The Kier molecular flexibility index (Phi) is 3.29. The maximum atomic E-state index is 7.00. The highest BCUT2D eigenvalue weighted by atomic mass is 16.6. The van der Waals surface area contributed by atoms with Crippen LogP contribution in [0.3, 0.4) is 0 Å². The summed E-state index contributed by atoms with van der Waals surface area (Å²) in [4.78, 5) is 0. The fourth-order valence-electron chi connectivity index (χ4n) is 1.09. The van der Waals surface area contributed by atoms with Crippen molar-refractivity contribution in [3.63, 3.8) is 0 Å². The molecule has 100 valence electrons. The fraction of sp³-hybridized carbons (Fsp3) is 0.167. The molecule has 0 unspecified atom stereocenters. The van der Waals surface area contributed by atoms with Crippen LogP contribution in [0.2, 0.25) is 0 Å². The molecule has 0 amide bonds. The monoisotopic (exact) mass is 267 g/mol. The molecule has 0 aliphatic rings. The van der Waals surface area contributed by atoms with Crippen LogP contribution in [0.25, 0.3) is 5.78 Å². The number of nitrogens with zero attached hydrogens (tertiary/aromatic N) is 8. The van der Waals surface area contributed by atoms with E-state index in [0.29, 0.717) is 0 Å². The van der Waals surface area contributed by atoms with Crippen molar-refractivity contribution in [3.8, 4) is 0 Å². The van der Waals surface area contributed by atoms with Crippen LogP contribution < -0.4 is 16.8 Å². The van der Waals surface area contributed by atoms with Gasteiger partial charge in [0.25, 0.3) is 11.7 Å². The number of aromatic nitrogens is 8. The fourth-order valence-corrected chi connectivity index (χ4v) is 1.09. The molecule has 0 saturated carbocycles. The third-order valence-electron chi connectivity index (χ3n) is 1.82. The summed E-state index contributed by atoms with van der Waals surface area (Å²) >= 11 is 0. The molecule has 3 heterocycles. The van der Waals surface area contributed by atoms with Crippen LogP contribution in [-0.4, -0.2) is 52.5 Å². The summed E-state index contributed by atoms with van der Waals surface area (Å²) in [6, 6.07) is 0. The van der Waals surface area contributed by atoms with Crippen LogP contribution >= 0.6 is 0 Å². The molecule has 3 aromatic rings. The molecule has 0 saturated heterocycles. The van der Waals surface area contributed by atoms with E-state index in [1.165, 1.54) is 4.52 Å². The van der Waals surface area contributed by atoms with Gasteiger partial charge in [-0.2, -0.15) is 4.52 Å². The van der Waals surface area contributed by atoms with Crippen LogP contribution in [0.15, 0.2) is 4.63 Å². The molecule has 3 aromatic heterocycles. The minimum atomic E-state index is 0.0745. The SMILES string of the molecule is CO.Nc1nonc1Nc1nnc2nnc(N)n2n1. The lowest BCUT2D eigenvalue weighted by atomic mass is 10.6. The van der Waals surface area contributed by atoms with Gasteiger partial charge in [-0.25, -0.2) is 4.63 Å². The molecule has 3 rings (SSSR count). The molecular weight excluding hydrogens is 258 g/mol. The Morgan fingerprint density at radius 1 is 1.11 bits per heavy atom. The summed E-state index contributed by atoms with van der Waals surface area (Å²) in [7, 11) is 1.00. The highest BCUT2D eigenvalue weighted by Gasteiger charge is 2.11.